The average Bonchev–Trinajstić information content (AvgIpc) is 3.38. The van der Waals surface area contributed by atoms with E-state index in [1.54, 1.807) is 0 Å². The Bertz CT molecular complexity index is 1270. The minimum absolute atomic E-state index is 0.00447. The second-order valence-electron chi connectivity index (χ2n) is 14.6. The van der Waals surface area contributed by atoms with Crippen LogP contribution in [0.3, 0.4) is 0 Å². The minimum Gasteiger partial charge on any atom is -0.480 e. The first-order valence-electron chi connectivity index (χ1n) is 17.6. The van der Waals surface area contributed by atoms with Crippen molar-refractivity contribution in [3.8, 4) is 0 Å². The summed E-state index contributed by atoms with van der Waals surface area (Å²) in [4.78, 5) is 42.9. The Balaban J connectivity index is 1.12. The van der Waals surface area contributed by atoms with Crippen LogP contribution in [0.2, 0.25) is 0 Å². The van der Waals surface area contributed by atoms with Gasteiger partial charge in [-0.25, -0.2) is 0 Å². The SMILES string of the molecule is CCCCCCCCN(CC(=O)O)C(=O)CCC(=O)OC1CCC2(C)C(=CCC3C2CCC2(C)C(c4cccnc4)=CCC32)C1. The predicted molar refractivity (Wildman–Crippen MR) is 176 cm³/mol. The number of esters is 1. The number of carbonyl (C=O) groups is 3. The molecule has 246 valence electrons. The number of pyridine rings is 1. The number of aliphatic carboxylic acids is 1. The summed E-state index contributed by atoms with van der Waals surface area (Å²) < 4.78 is 5.94. The number of fused-ring (bicyclic) bond motifs is 5. The summed E-state index contributed by atoms with van der Waals surface area (Å²) in [5.41, 5.74) is 4.56. The van der Waals surface area contributed by atoms with Crippen molar-refractivity contribution in [1.29, 1.82) is 0 Å². The fourth-order valence-electron chi connectivity index (χ4n) is 9.42. The number of allylic oxidation sites excluding steroid dienone is 3. The van der Waals surface area contributed by atoms with Crippen LogP contribution in [-0.4, -0.2) is 52.0 Å². The highest BCUT2D eigenvalue weighted by Gasteiger charge is 2.57. The van der Waals surface area contributed by atoms with Gasteiger partial charge in [0.25, 0.3) is 0 Å². The maximum atomic E-state index is 12.9. The van der Waals surface area contributed by atoms with Gasteiger partial charge in [-0.05, 0) is 90.7 Å². The first-order valence-corrected chi connectivity index (χ1v) is 17.6. The molecule has 45 heavy (non-hydrogen) atoms. The number of carboxylic acid groups (broad SMARTS) is 1. The number of carboxylic acids is 1. The zero-order valence-corrected chi connectivity index (χ0v) is 27.8. The van der Waals surface area contributed by atoms with Gasteiger partial charge in [-0.2, -0.15) is 0 Å². The molecule has 1 heterocycles. The van der Waals surface area contributed by atoms with E-state index in [0.29, 0.717) is 24.3 Å². The number of aromatic nitrogens is 1. The smallest absolute Gasteiger partial charge is 0.323 e. The molecular formula is C38H54N2O5. The molecule has 0 spiro atoms. The van der Waals surface area contributed by atoms with Gasteiger partial charge in [-0.15, -0.1) is 0 Å². The summed E-state index contributed by atoms with van der Waals surface area (Å²) in [5, 5.41) is 9.31. The fourth-order valence-corrected chi connectivity index (χ4v) is 9.42. The molecule has 0 aliphatic heterocycles. The van der Waals surface area contributed by atoms with Crippen LogP contribution in [0.5, 0.6) is 0 Å². The molecule has 0 aromatic carbocycles. The van der Waals surface area contributed by atoms with Crippen molar-refractivity contribution >= 4 is 23.4 Å². The van der Waals surface area contributed by atoms with Crippen molar-refractivity contribution in [2.45, 2.75) is 123 Å². The standard InChI is InChI=1S/C38H54N2O5/c1-4-5-6-7-8-9-23-40(26-35(42)43)34(41)16-17-36(44)45-29-18-20-37(2)28(24-29)12-13-30-32-15-14-31(27-11-10-22-39-25-27)38(32,3)21-19-33(30)37/h10-12,14,22,25,29-30,32-33H,4-9,13,15-21,23-24,26H2,1-3H3,(H,42,43). The van der Waals surface area contributed by atoms with Crippen LogP contribution in [0.4, 0.5) is 0 Å². The monoisotopic (exact) mass is 618 g/mol. The summed E-state index contributed by atoms with van der Waals surface area (Å²) >= 11 is 0. The topological polar surface area (TPSA) is 96.8 Å². The molecule has 0 bridgehead atoms. The van der Waals surface area contributed by atoms with Crippen molar-refractivity contribution in [3.05, 3.63) is 47.8 Å². The third-order valence-corrected chi connectivity index (χ3v) is 11.9. The Morgan fingerprint density at radius 2 is 1.76 bits per heavy atom. The number of unbranched alkanes of at least 4 members (excludes halogenated alkanes) is 5. The lowest BCUT2D eigenvalue weighted by atomic mass is 9.47. The van der Waals surface area contributed by atoms with Crippen LogP contribution in [-0.2, 0) is 19.1 Å². The molecule has 2 fully saturated rings. The molecular weight excluding hydrogens is 564 g/mol. The number of carbonyl (C=O) groups excluding carboxylic acids is 2. The number of nitrogens with zero attached hydrogens (tertiary/aromatic N) is 2. The largest absolute Gasteiger partial charge is 0.480 e. The first-order chi connectivity index (χ1) is 21.7. The van der Waals surface area contributed by atoms with Gasteiger partial charge in [0.1, 0.15) is 12.6 Å². The quantitative estimate of drug-likeness (QED) is 0.129. The van der Waals surface area contributed by atoms with Gasteiger partial charge in [0, 0.05) is 31.8 Å². The van der Waals surface area contributed by atoms with Gasteiger partial charge in [0.05, 0.1) is 6.42 Å². The summed E-state index contributed by atoms with van der Waals surface area (Å²) in [7, 11) is 0. The van der Waals surface area contributed by atoms with E-state index in [0.717, 1.165) is 51.4 Å². The summed E-state index contributed by atoms with van der Waals surface area (Å²) in [5.74, 6) is 0.310. The van der Waals surface area contributed by atoms with E-state index in [1.807, 2.05) is 18.5 Å². The Labute approximate surface area is 269 Å². The Hall–Kier alpha value is -2.96. The number of hydrogen-bond donors (Lipinski definition) is 1. The zero-order chi connectivity index (χ0) is 32.0. The second-order valence-corrected chi connectivity index (χ2v) is 14.6. The summed E-state index contributed by atoms with van der Waals surface area (Å²) in [6.07, 6.45) is 22.4. The maximum Gasteiger partial charge on any atom is 0.323 e. The molecule has 5 rings (SSSR count). The lowest BCUT2D eigenvalue weighted by Gasteiger charge is -2.57. The van der Waals surface area contributed by atoms with Crippen molar-refractivity contribution < 1.29 is 24.2 Å². The van der Waals surface area contributed by atoms with Gasteiger partial charge >= 0.3 is 11.9 Å². The van der Waals surface area contributed by atoms with E-state index in [1.165, 1.54) is 53.7 Å². The molecule has 1 amide bonds. The third-order valence-electron chi connectivity index (χ3n) is 11.9. The lowest BCUT2D eigenvalue weighted by Crippen LogP contribution is -2.50. The van der Waals surface area contributed by atoms with Crippen molar-refractivity contribution in [2.24, 2.45) is 28.6 Å². The highest BCUT2D eigenvalue weighted by Crippen LogP contribution is 2.66. The van der Waals surface area contributed by atoms with Crippen LogP contribution < -0.4 is 0 Å². The van der Waals surface area contributed by atoms with E-state index in [4.69, 9.17) is 4.74 Å². The predicted octanol–water partition coefficient (Wildman–Crippen LogP) is 8.00. The van der Waals surface area contributed by atoms with Crippen molar-refractivity contribution in [3.63, 3.8) is 0 Å². The first kappa shape index (κ1) is 33.4. The molecule has 7 nitrogen and oxygen atoms in total. The van der Waals surface area contributed by atoms with Gasteiger partial charge in [-0.1, -0.05) is 76.7 Å². The molecule has 7 heteroatoms. The molecule has 1 N–H and O–H groups in total. The van der Waals surface area contributed by atoms with Gasteiger partial charge in [0.2, 0.25) is 5.91 Å². The minimum atomic E-state index is -1.02. The van der Waals surface area contributed by atoms with Gasteiger partial charge in [0.15, 0.2) is 0 Å². The maximum absolute atomic E-state index is 12.9. The molecule has 6 atom stereocenters. The molecule has 1 aromatic rings. The van der Waals surface area contributed by atoms with Crippen LogP contribution in [0.1, 0.15) is 123 Å². The van der Waals surface area contributed by atoms with Crippen LogP contribution in [0, 0.1) is 28.6 Å². The number of rotatable bonds is 14. The highest BCUT2D eigenvalue weighted by atomic mass is 16.5. The number of amides is 1. The Morgan fingerprint density at radius 3 is 2.51 bits per heavy atom. The number of ether oxygens (including phenoxy) is 1. The molecule has 0 radical (unpaired) electrons. The molecule has 2 saturated carbocycles. The lowest BCUT2D eigenvalue weighted by molar-refractivity contribution is -0.153. The molecule has 6 unspecified atom stereocenters. The van der Waals surface area contributed by atoms with E-state index >= 15 is 0 Å². The van der Waals surface area contributed by atoms with E-state index < -0.39 is 5.97 Å². The molecule has 4 aliphatic rings. The van der Waals surface area contributed by atoms with Crippen LogP contribution in [0.25, 0.3) is 5.57 Å². The zero-order valence-electron chi connectivity index (χ0n) is 27.8. The van der Waals surface area contributed by atoms with Gasteiger partial charge < -0.3 is 14.7 Å². The van der Waals surface area contributed by atoms with E-state index in [9.17, 15) is 19.5 Å². The van der Waals surface area contributed by atoms with Gasteiger partial charge in [-0.3, -0.25) is 19.4 Å². The van der Waals surface area contributed by atoms with E-state index in [-0.39, 0.29) is 48.2 Å². The molecule has 1 aromatic heterocycles. The van der Waals surface area contributed by atoms with E-state index in [2.05, 4.69) is 44.0 Å². The Morgan fingerprint density at radius 1 is 0.978 bits per heavy atom. The summed E-state index contributed by atoms with van der Waals surface area (Å²) in [6.45, 7) is 7.22. The molecule has 4 aliphatic carbocycles. The van der Waals surface area contributed by atoms with Crippen molar-refractivity contribution in [2.75, 3.05) is 13.1 Å². The normalized spacial score (nSPS) is 30.3. The summed E-state index contributed by atoms with van der Waals surface area (Å²) in [6, 6.07) is 4.25. The fraction of sp³-hybridized carbons (Fsp3) is 0.684. The average molecular weight is 619 g/mol. The second kappa shape index (κ2) is 14.6. The van der Waals surface area contributed by atoms with Crippen molar-refractivity contribution in [1.82, 2.24) is 9.88 Å². The Kier molecular flexibility index (Phi) is 10.9. The van der Waals surface area contributed by atoms with Crippen LogP contribution >= 0.6 is 0 Å². The number of hydrogen-bond acceptors (Lipinski definition) is 5. The third kappa shape index (κ3) is 7.38. The van der Waals surface area contributed by atoms with Crippen LogP contribution in [0.15, 0.2) is 42.3 Å². The highest BCUT2D eigenvalue weighted by molar-refractivity contribution is 5.84. The molecule has 0 saturated heterocycles.